The monoisotopic (exact) mass is 207 g/mol. The summed E-state index contributed by atoms with van der Waals surface area (Å²) < 4.78 is 24.9. The molecular formula is C8H11F2NO3. The molecule has 1 aliphatic heterocycles. The van der Waals surface area contributed by atoms with E-state index in [1.807, 2.05) is 0 Å². The third-order valence-corrected chi connectivity index (χ3v) is 2.48. The van der Waals surface area contributed by atoms with Crippen molar-refractivity contribution >= 4 is 5.91 Å². The van der Waals surface area contributed by atoms with Gasteiger partial charge in [0, 0.05) is 12.8 Å². The van der Waals surface area contributed by atoms with Gasteiger partial charge < -0.3 is 5.11 Å². The van der Waals surface area contributed by atoms with Crippen molar-refractivity contribution in [2.45, 2.75) is 24.9 Å². The van der Waals surface area contributed by atoms with Crippen molar-refractivity contribution in [3.8, 4) is 0 Å². The molecule has 1 N–H and O–H groups in total. The van der Waals surface area contributed by atoms with E-state index in [1.54, 1.807) is 0 Å². The van der Waals surface area contributed by atoms with Crippen LogP contribution >= 0.6 is 0 Å². The minimum absolute atomic E-state index is 0.0643. The van der Waals surface area contributed by atoms with Crippen LogP contribution in [0.25, 0.3) is 0 Å². The van der Waals surface area contributed by atoms with Crippen molar-refractivity contribution < 1.29 is 23.5 Å². The number of alkyl halides is 2. The van der Waals surface area contributed by atoms with E-state index in [1.165, 1.54) is 0 Å². The SMILES string of the molecule is O=C(C1CC(F)(F)C1)N1C[C@@H](O)CO1. The van der Waals surface area contributed by atoms with Crippen LogP contribution in [0.3, 0.4) is 0 Å². The van der Waals surface area contributed by atoms with Crippen LogP contribution < -0.4 is 0 Å². The van der Waals surface area contributed by atoms with Gasteiger partial charge in [-0.15, -0.1) is 0 Å². The van der Waals surface area contributed by atoms with E-state index in [-0.39, 0.29) is 13.2 Å². The van der Waals surface area contributed by atoms with E-state index < -0.39 is 36.7 Å². The number of carbonyl (C=O) groups is 1. The Bertz CT molecular complexity index is 251. The first kappa shape index (κ1) is 9.79. The molecule has 0 spiro atoms. The Labute approximate surface area is 79.4 Å². The molecule has 0 aromatic carbocycles. The van der Waals surface area contributed by atoms with Crippen molar-refractivity contribution in [1.29, 1.82) is 0 Å². The summed E-state index contributed by atoms with van der Waals surface area (Å²) in [6.07, 6.45) is -1.50. The third kappa shape index (κ3) is 1.72. The van der Waals surface area contributed by atoms with Gasteiger partial charge in [0.25, 0.3) is 0 Å². The molecule has 1 atom stereocenters. The number of carbonyl (C=O) groups excluding carboxylic acids is 1. The first-order valence-corrected chi connectivity index (χ1v) is 4.48. The Morgan fingerprint density at radius 2 is 2.14 bits per heavy atom. The van der Waals surface area contributed by atoms with E-state index in [0.717, 1.165) is 5.06 Å². The van der Waals surface area contributed by atoms with Crippen molar-refractivity contribution in [1.82, 2.24) is 5.06 Å². The van der Waals surface area contributed by atoms with Gasteiger partial charge in [0.1, 0.15) is 6.61 Å². The second kappa shape index (κ2) is 3.13. The predicted molar refractivity (Wildman–Crippen MR) is 41.3 cm³/mol. The fourth-order valence-corrected chi connectivity index (χ4v) is 1.67. The number of nitrogens with zero attached hydrogens (tertiary/aromatic N) is 1. The summed E-state index contributed by atoms with van der Waals surface area (Å²) in [6, 6.07) is 0. The molecule has 2 fully saturated rings. The minimum Gasteiger partial charge on any atom is -0.389 e. The number of rotatable bonds is 1. The maximum atomic E-state index is 12.5. The molecule has 0 aromatic rings. The van der Waals surface area contributed by atoms with Crippen molar-refractivity contribution in [3.05, 3.63) is 0 Å². The Hall–Kier alpha value is -0.750. The van der Waals surface area contributed by atoms with Gasteiger partial charge in [-0.3, -0.25) is 9.63 Å². The van der Waals surface area contributed by atoms with E-state index in [9.17, 15) is 13.6 Å². The third-order valence-electron chi connectivity index (χ3n) is 2.48. The van der Waals surface area contributed by atoms with E-state index in [0.29, 0.717) is 0 Å². The number of halogens is 2. The minimum atomic E-state index is -2.70. The molecular weight excluding hydrogens is 196 g/mol. The van der Waals surface area contributed by atoms with E-state index in [2.05, 4.69) is 0 Å². The second-order valence-corrected chi connectivity index (χ2v) is 3.81. The van der Waals surface area contributed by atoms with Gasteiger partial charge in [0.15, 0.2) is 0 Å². The highest BCUT2D eigenvalue weighted by Crippen LogP contribution is 2.43. The summed E-state index contributed by atoms with van der Waals surface area (Å²) in [6.45, 7) is 0.149. The zero-order valence-corrected chi connectivity index (χ0v) is 7.45. The molecule has 1 saturated heterocycles. The van der Waals surface area contributed by atoms with Crippen LogP contribution in [0.5, 0.6) is 0 Å². The summed E-state index contributed by atoms with van der Waals surface area (Å²) in [5.74, 6) is -3.78. The average Bonchev–Trinajstić information content (AvgIpc) is 2.46. The van der Waals surface area contributed by atoms with E-state index >= 15 is 0 Å². The van der Waals surface area contributed by atoms with Gasteiger partial charge in [0.2, 0.25) is 11.8 Å². The van der Waals surface area contributed by atoms with Crippen molar-refractivity contribution in [2.24, 2.45) is 5.92 Å². The van der Waals surface area contributed by atoms with Crippen molar-refractivity contribution in [3.63, 3.8) is 0 Å². The Kier molecular flexibility index (Phi) is 2.19. The summed E-state index contributed by atoms with van der Waals surface area (Å²) in [5, 5.41) is 10.0. The van der Waals surface area contributed by atoms with Crippen LogP contribution in [0.15, 0.2) is 0 Å². The predicted octanol–water partition coefficient (Wildman–Crippen LogP) is 0.166. The summed E-state index contributed by atoms with van der Waals surface area (Å²) in [4.78, 5) is 16.3. The second-order valence-electron chi connectivity index (χ2n) is 3.81. The first-order valence-electron chi connectivity index (χ1n) is 4.48. The lowest BCUT2D eigenvalue weighted by molar-refractivity contribution is -0.191. The van der Waals surface area contributed by atoms with E-state index in [4.69, 9.17) is 9.94 Å². The van der Waals surface area contributed by atoms with Gasteiger partial charge in [0.05, 0.1) is 18.6 Å². The van der Waals surface area contributed by atoms with Crippen molar-refractivity contribution in [2.75, 3.05) is 13.2 Å². The number of aliphatic hydroxyl groups is 1. The molecule has 1 amide bonds. The average molecular weight is 207 g/mol. The van der Waals surface area contributed by atoms with Crippen LogP contribution in [0.2, 0.25) is 0 Å². The molecule has 0 bridgehead atoms. The van der Waals surface area contributed by atoms with Gasteiger partial charge in [-0.2, -0.15) is 0 Å². The van der Waals surface area contributed by atoms with Gasteiger partial charge in [-0.25, -0.2) is 13.8 Å². The van der Waals surface area contributed by atoms with Crippen LogP contribution in [-0.4, -0.2) is 41.3 Å². The Morgan fingerprint density at radius 3 is 2.57 bits per heavy atom. The molecule has 1 saturated carbocycles. The fraction of sp³-hybridized carbons (Fsp3) is 0.875. The number of hydrogen-bond donors (Lipinski definition) is 1. The lowest BCUT2D eigenvalue weighted by Crippen LogP contribution is -2.45. The van der Waals surface area contributed by atoms with Crippen LogP contribution in [-0.2, 0) is 9.63 Å². The molecule has 2 aliphatic rings. The maximum absolute atomic E-state index is 12.5. The Balaban J connectivity index is 1.85. The highest BCUT2D eigenvalue weighted by Gasteiger charge is 2.50. The highest BCUT2D eigenvalue weighted by molar-refractivity contribution is 5.79. The largest absolute Gasteiger partial charge is 0.389 e. The zero-order valence-electron chi connectivity index (χ0n) is 7.45. The molecule has 6 heteroatoms. The van der Waals surface area contributed by atoms with Crippen LogP contribution in [0, 0.1) is 5.92 Å². The van der Waals surface area contributed by atoms with Gasteiger partial charge in [-0.05, 0) is 0 Å². The Morgan fingerprint density at radius 1 is 1.50 bits per heavy atom. The number of β-amino-alcohol motifs (C(OH)–C–C–N with tert-alkyl or cyclic N) is 1. The smallest absolute Gasteiger partial charge is 0.249 e. The number of hydroxylamine groups is 2. The number of hydrogen-bond acceptors (Lipinski definition) is 3. The van der Waals surface area contributed by atoms with Crippen LogP contribution in [0.4, 0.5) is 8.78 Å². The molecule has 0 radical (unpaired) electrons. The molecule has 0 unspecified atom stereocenters. The first-order chi connectivity index (χ1) is 6.48. The molecule has 2 rings (SSSR count). The number of aliphatic hydroxyl groups excluding tert-OH is 1. The van der Waals surface area contributed by atoms with Gasteiger partial charge >= 0.3 is 0 Å². The quantitative estimate of drug-likeness (QED) is 0.666. The standard InChI is InChI=1S/C8H11F2NO3/c9-8(10)1-5(2-8)7(13)11-3-6(12)4-14-11/h5-6,12H,1-4H2/t6-/m1/s1. The molecule has 1 heterocycles. The summed E-state index contributed by atoms with van der Waals surface area (Å²) in [5.41, 5.74) is 0. The number of amides is 1. The molecule has 4 nitrogen and oxygen atoms in total. The molecule has 80 valence electrons. The fourth-order valence-electron chi connectivity index (χ4n) is 1.67. The topological polar surface area (TPSA) is 49.8 Å². The maximum Gasteiger partial charge on any atom is 0.249 e. The normalized spacial score (nSPS) is 31.6. The summed E-state index contributed by atoms with van der Waals surface area (Å²) >= 11 is 0. The lowest BCUT2D eigenvalue weighted by atomic mass is 9.80. The molecule has 1 aliphatic carbocycles. The zero-order chi connectivity index (χ0) is 10.3. The highest BCUT2D eigenvalue weighted by atomic mass is 19.3. The molecule has 14 heavy (non-hydrogen) atoms. The molecule has 0 aromatic heterocycles. The van der Waals surface area contributed by atoms with Gasteiger partial charge in [-0.1, -0.05) is 0 Å². The summed E-state index contributed by atoms with van der Waals surface area (Å²) in [7, 11) is 0. The lowest BCUT2D eigenvalue weighted by Gasteiger charge is -2.35. The van der Waals surface area contributed by atoms with Crippen LogP contribution in [0.1, 0.15) is 12.8 Å².